The fourth-order valence-electron chi connectivity index (χ4n) is 4.14. The van der Waals surface area contributed by atoms with Crippen LogP contribution in [0, 0.1) is 17.2 Å². The molecule has 0 radical (unpaired) electrons. The number of hydrogen-bond acceptors (Lipinski definition) is 4. The van der Waals surface area contributed by atoms with Crippen LogP contribution in [0.15, 0.2) is 18.2 Å². The van der Waals surface area contributed by atoms with Gasteiger partial charge in [0.2, 0.25) is 0 Å². The Kier molecular flexibility index (Phi) is 4.27. The van der Waals surface area contributed by atoms with Gasteiger partial charge in [-0.25, -0.2) is 12.8 Å². The number of ether oxygens (including phenoxy) is 1. The average Bonchev–Trinajstić information content (AvgIpc) is 2.87. The minimum absolute atomic E-state index is 0.0471. The first-order chi connectivity index (χ1) is 10.7. The van der Waals surface area contributed by atoms with Crippen molar-refractivity contribution in [1.82, 2.24) is 5.32 Å². The summed E-state index contributed by atoms with van der Waals surface area (Å²) in [6.07, 6.45) is 2.54. The number of hydrogen-bond donors (Lipinski definition) is 1. The van der Waals surface area contributed by atoms with Crippen molar-refractivity contribution in [2.45, 2.75) is 44.7 Å². The van der Waals surface area contributed by atoms with Gasteiger partial charge in [-0.15, -0.1) is 0 Å². The van der Waals surface area contributed by atoms with Gasteiger partial charge in [0.05, 0.1) is 11.9 Å². The minimum atomic E-state index is -3.15. The lowest BCUT2D eigenvalue weighted by Crippen LogP contribution is -2.65. The monoisotopic (exact) mass is 341 g/mol. The first kappa shape index (κ1) is 16.9. The molecule has 1 saturated carbocycles. The van der Waals surface area contributed by atoms with Gasteiger partial charge in [-0.1, -0.05) is 19.9 Å². The van der Waals surface area contributed by atoms with Gasteiger partial charge in [-0.3, -0.25) is 0 Å². The Labute approximate surface area is 137 Å². The Hall–Kier alpha value is -0.980. The standard InChI is InChI=1S/C17H24FNO3S/c1-17(2)15(14-6-7-22-16(14)17)19-9-12-8-13(18)5-4-11(12)10-23(3,20)21/h4-5,8,14-16,19H,6-7,9-10H2,1-3H3. The number of rotatable bonds is 5. The first-order valence-corrected chi connectivity index (χ1v) is 10.0. The van der Waals surface area contributed by atoms with E-state index in [9.17, 15) is 12.8 Å². The van der Waals surface area contributed by atoms with Crippen LogP contribution >= 0.6 is 0 Å². The lowest BCUT2D eigenvalue weighted by atomic mass is 9.57. The van der Waals surface area contributed by atoms with E-state index in [0.717, 1.165) is 13.0 Å². The maximum atomic E-state index is 13.6. The Bertz CT molecular complexity index is 702. The molecule has 3 atom stereocenters. The summed E-state index contributed by atoms with van der Waals surface area (Å²) in [4.78, 5) is 0. The molecule has 4 nitrogen and oxygen atoms in total. The summed E-state index contributed by atoms with van der Waals surface area (Å²) in [5.74, 6) is 0.0963. The van der Waals surface area contributed by atoms with E-state index in [0.29, 0.717) is 35.7 Å². The van der Waals surface area contributed by atoms with Crippen molar-refractivity contribution in [2.24, 2.45) is 11.3 Å². The van der Waals surface area contributed by atoms with Gasteiger partial charge in [-0.2, -0.15) is 0 Å². The van der Waals surface area contributed by atoms with Crippen molar-refractivity contribution in [1.29, 1.82) is 0 Å². The molecule has 1 aromatic rings. The Morgan fingerprint density at radius 3 is 2.78 bits per heavy atom. The van der Waals surface area contributed by atoms with Crippen LogP contribution < -0.4 is 5.32 Å². The summed E-state index contributed by atoms with van der Waals surface area (Å²) in [7, 11) is -3.15. The number of halogens is 1. The highest BCUT2D eigenvalue weighted by Gasteiger charge is 2.58. The molecule has 2 aliphatic rings. The predicted molar refractivity (Wildman–Crippen MR) is 87.2 cm³/mol. The van der Waals surface area contributed by atoms with Crippen molar-refractivity contribution in [3.05, 3.63) is 35.1 Å². The van der Waals surface area contributed by atoms with Crippen LogP contribution in [0.3, 0.4) is 0 Å². The van der Waals surface area contributed by atoms with Gasteiger partial charge in [0.1, 0.15) is 5.82 Å². The SMILES string of the molecule is CC1(C)C(NCc2cc(F)ccc2CS(C)(=O)=O)C2CCOC21. The zero-order valence-electron chi connectivity index (χ0n) is 13.8. The van der Waals surface area contributed by atoms with Gasteiger partial charge in [0.15, 0.2) is 9.84 Å². The Balaban J connectivity index is 1.74. The predicted octanol–water partition coefficient (Wildman–Crippen LogP) is 2.27. The van der Waals surface area contributed by atoms with Gasteiger partial charge < -0.3 is 10.1 Å². The van der Waals surface area contributed by atoms with Crippen LogP contribution in [0.4, 0.5) is 4.39 Å². The Morgan fingerprint density at radius 1 is 1.35 bits per heavy atom. The molecule has 3 rings (SSSR count). The number of nitrogens with one attached hydrogen (secondary N) is 1. The molecule has 1 aliphatic carbocycles. The molecule has 1 heterocycles. The molecule has 1 aromatic carbocycles. The van der Waals surface area contributed by atoms with Crippen LogP contribution in [0.2, 0.25) is 0 Å². The molecule has 6 heteroatoms. The minimum Gasteiger partial charge on any atom is -0.377 e. The van der Waals surface area contributed by atoms with Gasteiger partial charge in [-0.05, 0) is 29.7 Å². The van der Waals surface area contributed by atoms with Crippen molar-refractivity contribution < 1.29 is 17.5 Å². The van der Waals surface area contributed by atoms with E-state index in [1.807, 2.05) is 0 Å². The van der Waals surface area contributed by atoms with E-state index < -0.39 is 9.84 Å². The molecular formula is C17H24FNO3S. The van der Waals surface area contributed by atoms with Gasteiger partial charge in [0.25, 0.3) is 0 Å². The van der Waals surface area contributed by atoms with Gasteiger partial charge >= 0.3 is 0 Å². The molecule has 23 heavy (non-hydrogen) atoms. The van der Waals surface area contributed by atoms with E-state index in [1.54, 1.807) is 6.07 Å². The van der Waals surface area contributed by atoms with Crippen LogP contribution in [0.1, 0.15) is 31.4 Å². The summed E-state index contributed by atoms with van der Waals surface area (Å²) in [5.41, 5.74) is 1.43. The number of fused-ring (bicyclic) bond motifs is 1. The van der Waals surface area contributed by atoms with E-state index in [-0.39, 0.29) is 17.0 Å². The van der Waals surface area contributed by atoms with Crippen molar-refractivity contribution in [2.75, 3.05) is 12.9 Å². The molecule has 3 unspecified atom stereocenters. The summed E-state index contributed by atoms with van der Waals surface area (Å²) < 4.78 is 42.5. The zero-order valence-corrected chi connectivity index (χ0v) is 14.6. The molecule has 0 aromatic heterocycles. The molecule has 1 aliphatic heterocycles. The second kappa shape index (κ2) is 5.83. The largest absolute Gasteiger partial charge is 0.377 e. The topological polar surface area (TPSA) is 55.4 Å². The van der Waals surface area contributed by atoms with Crippen molar-refractivity contribution in [3.8, 4) is 0 Å². The maximum Gasteiger partial charge on any atom is 0.151 e. The first-order valence-electron chi connectivity index (χ1n) is 7.98. The normalized spacial score (nSPS) is 29.1. The van der Waals surface area contributed by atoms with Crippen LogP contribution in [0.25, 0.3) is 0 Å². The smallest absolute Gasteiger partial charge is 0.151 e. The van der Waals surface area contributed by atoms with Gasteiger partial charge in [0, 0.05) is 36.8 Å². The molecule has 1 saturated heterocycles. The quantitative estimate of drug-likeness (QED) is 0.893. The molecule has 1 N–H and O–H groups in total. The average molecular weight is 341 g/mol. The summed E-state index contributed by atoms with van der Waals surface area (Å²) in [6, 6.07) is 4.63. The highest BCUT2D eigenvalue weighted by Crippen LogP contribution is 2.52. The molecule has 0 spiro atoms. The van der Waals surface area contributed by atoms with Crippen LogP contribution in [0.5, 0.6) is 0 Å². The number of sulfone groups is 1. The zero-order chi connectivity index (χ0) is 16.8. The molecule has 2 fully saturated rings. The summed E-state index contributed by atoms with van der Waals surface area (Å²) >= 11 is 0. The van der Waals surface area contributed by atoms with E-state index in [4.69, 9.17) is 4.74 Å². The summed E-state index contributed by atoms with van der Waals surface area (Å²) in [5, 5.41) is 3.51. The molecular weight excluding hydrogens is 317 g/mol. The maximum absolute atomic E-state index is 13.6. The fourth-order valence-corrected chi connectivity index (χ4v) is 4.99. The summed E-state index contributed by atoms with van der Waals surface area (Å²) in [6.45, 7) is 5.64. The van der Waals surface area contributed by atoms with E-state index in [1.165, 1.54) is 18.4 Å². The highest BCUT2D eigenvalue weighted by atomic mass is 32.2. The molecule has 0 bridgehead atoms. The highest BCUT2D eigenvalue weighted by molar-refractivity contribution is 7.89. The Morgan fingerprint density at radius 2 is 2.09 bits per heavy atom. The fraction of sp³-hybridized carbons (Fsp3) is 0.647. The second-order valence-electron chi connectivity index (χ2n) is 7.41. The third kappa shape index (κ3) is 3.30. The second-order valence-corrected chi connectivity index (χ2v) is 9.55. The lowest BCUT2D eigenvalue weighted by Gasteiger charge is -2.55. The molecule has 0 amide bonds. The number of benzene rings is 1. The molecule has 128 valence electrons. The van der Waals surface area contributed by atoms with E-state index in [2.05, 4.69) is 19.2 Å². The lowest BCUT2D eigenvalue weighted by molar-refractivity contribution is -0.113. The van der Waals surface area contributed by atoms with E-state index >= 15 is 0 Å². The van der Waals surface area contributed by atoms with Crippen molar-refractivity contribution in [3.63, 3.8) is 0 Å². The third-order valence-corrected chi connectivity index (χ3v) is 6.03. The third-order valence-electron chi connectivity index (χ3n) is 5.20. The van der Waals surface area contributed by atoms with Crippen molar-refractivity contribution >= 4 is 9.84 Å². The van der Waals surface area contributed by atoms with Crippen LogP contribution in [-0.4, -0.2) is 33.4 Å². The van der Waals surface area contributed by atoms with Crippen LogP contribution in [-0.2, 0) is 26.9 Å².